The SMILES string of the molecule is C=CC(=O)c1cccc(C(=O)OCC2CO2)c1. The van der Waals surface area contributed by atoms with E-state index < -0.39 is 5.97 Å². The number of esters is 1. The van der Waals surface area contributed by atoms with Gasteiger partial charge < -0.3 is 9.47 Å². The molecule has 0 aliphatic carbocycles. The predicted molar refractivity (Wildman–Crippen MR) is 61.0 cm³/mol. The Bertz CT molecular complexity index is 460. The van der Waals surface area contributed by atoms with Crippen molar-refractivity contribution >= 4 is 11.8 Å². The van der Waals surface area contributed by atoms with Crippen LogP contribution >= 0.6 is 0 Å². The molecule has 0 bridgehead atoms. The topological polar surface area (TPSA) is 55.9 Å². The van der Waals surface area contributed by atoms with Crippen molar-refractivity contribution in [3.05, 3.63) is 48.0 Å². The van der Waals surface area contributed by atoms with Crippen LogP contribution in [0.5, 0.6) is 0 Å². The second-order valence-electron chi connectivity index (χ2n) is 3.70. The van der Waals surface area contributed by atoms with E-state index in [1.54, 1.807) is 18.2 Å². The first kappa shape index (κ1) is 11.5. The minimum absolute atomic E-state index is 0.0388. The van der Waals surface area contributed by atoms with Crippen LogP contribution in [0.3, 0.4) is 0 Å². The number of epoxide rings is 1. The van der Waals surface area contributed by atoms with E-state index in [4.69, 9.17) is 9.47 Å². The monoisotopic (exact) mass is 232 g/mol. The Kier molecular flexibility index (Phi) is 3.35. The van der Waals surface area contributed by atoms with E-state index in [1.165, 1.54) is 12.1 Å². The molecule has 1 heterocycles. The van der Waals surface area contributed by atoms with Gasteiger partial charge in [-0.05, 0) is 18.2 Å². The highest BCUT2D eigenvalue weighted by Gasteiger charge is 2.24. The van der Waals surface area contributed by atoms with Crippen LogP contribution in [0.1, 0.15) is 20.7 Å². The summed E-state index contributed by atoms with van der Waals surface area (Å²) in [7, 11) is 0. The molecule has 88 valence electrons. The molecule has 0 amide bonds. The Balaban J connectivity index is 2.05. The van der Waals surface area contributed by atoms with Gasteiger partial charge in [0, 0.05) is 5.56 Å². The molecule has 1 aliphatic rings. The zero-order chi connectivity index (χ0) is 12.3. The second-order valence-corrected chi connectivity index (χ2v) is 3.70. The van der Waals surface area contributed by atoms with Gasteiger partial charge in [-0.3, -0.25) is 4.79 Å². The highest BCUT2D eigenvalue weighted by atomic mass is 16.6. The van der Waals surface area contributed by atoms with Crippen molar-refractivity contribution in [1.29, 1.82) is 0 Å². The third-order valence-corrected chi connectivity index (χ3v) is 2.37. The van der Waals surface area contributed by atoms with Crippen LogP contribution in [0.25, 0.3) is 0 Å². The summed E-state index contributed by atoms with van der Waals surface area (Å²) in [5.41, 5.74) is 0.787. The molecule has 1 atom stereocenters. The van der Waals surface area contributed by atoms with Crippen molar-refractivity contribution in [1.82, 2.24) is 0 Å². The van der Waals surface area contributed by atoms with Crippen molar-refractivity contribution in [3.63, 3.8) is 0 Å². The minimum atomic E-state index is -0.445. The number of allylic oxidation sites excluding steroid dienone is 1. The van der Waals surface area contributed by atoms with Gasteiger partial charge in [-0.1, -0.05) is 18.7 Å². The van der Waals surface area contributed by atoms with Gasteiger partial charge in [0.15, 0.2) is 5.78 Å². The zero-order valence-corrected chi connectivity index (χ0v) is 9.22. The number of hydrogen-bond donors (Lipinski definition) is 0. The lowest BCUT2D eigenvalue weighted by Gasteiger charge is -2.03. The fourth-order valence-electron chi connectivity index (χ4n) is 1.33. The Labute approximate surface area is 98.8 Å². The van der Waals surface area contributed by atoms with Crippen molar-refractivity contribution in [3.8, 4) is 0 Å². The van der Waals surface area contributed by atoms with Crippen molar-refractivity contribution in [2.45, 2.75) is 6.10 Å². The first-order chi connectivity index (χ1) is 8.20. The van der Waals surface area contributed by atoms with Crippen molar-refractivity contribution < 1.29 is 19.1 Å². The maximum atomic E-state index is 11.6. The number of ether oxygens (including phenoxy) is 2. The summed E-state index contributed by atoms with van der Waals surface area (Å²) < 4.78 is 9.95. The van der Waals surface area contributed by atoms with Crippen molar-refractivity contribution in [2.75, 3.05) is 13.2 Å². The lowest BCUT2D eigenvalue weighted by atomic mass is 10.1. The minimum Gasteiger partial charge on any atom is -0.459 e. The molecular weight excluding hydrogens is 220 g/mol. The van der Waals surface area contributed by atoms with Crippen molar-refractivity contribution in [2.24, 2.45) is 0 Å². The van der Waals surface area contributed by atoms with E-state index in [1.807, 2.05) is 0 Å². The first-order valence-electron chi connectivity index (χ1n) is 5.26. The molecule has 1 unspecified atom stereocenters. The molecule has 0 spiro atoms. The second kappa shape index (κ2) is 4.93. The van der Waals surface area contributed by atoms with Crippen LogP contribution in [0.4, 0.5) is 0 Å². The molecule has 17 heavy (non-hydrogen) atoms. The molecular formula is C13H12O4. The first-order valence-corrected chi connectivity index (χ1v) is 5.26. The van der Waals surface area contributed by atoms with E-state index in [2.05, 4.69) is 6.58 Å². The van der Waals surface area contributed by atoms with Crippen LogP contribution in [0, 0.1) is 0 Å². The summed E-state index contributed by atoms with van der Waals surface area (Å²) in [5, 5.41) is 0. The molecule has 1 aromatic rings. The number of carbonyl (C=O) groups excluding carboxylic acids is 2. The van der Waals surface area contributed by atoms with Gasteiger partial charge in [-0.15, -0.1) is 0 Å². The number of rotatable bonds is 5. The maximum absolute atomic E-state index is 11.6. The summed E-state index contributed by atoms with van der Waals surface area (Å²) in [6, 6.07) is 6.38. The van der Waals surface area contributed by atoms with Crippen LogP contribution in [0.15, 0.2) is 36.9 Å². The van der Waals surface area contributed by atoms with Gasteiger partial charge in [0.05, 0.1) is 12.2 Å². The van der Waals surface area contributed by atoms with E-state index >= 15 is 0 Å². The molecule has 0 aromatic heterocycles. The number of hydrogen-bond acceptors (Lipinski definition) is 4. The van der Waals surface area contributed by atoms with E-state index in [9.17, 15) is 9.59 Å². The molecule has 1 fully saturated rings. The van der Waals surface area contributed by atoms with Crippen LogP contribution in [-0.4, -0.2) is 31.1 Å². The van der Waals surface area contributed by atoms with E-state index in [-0.39, 0.29) is 18.5 Å². The van der Waals surface area contributed by atoms with E-state index in [0.29, 0.717) is 17.7 Å². The Morgan fingerprint density at radius 2 is 2.18 bits per heavy atom. The van der Waals surface area contributed by atoms with Crippen LogP contribution < -0.4 is 0 Å². The molecule has 0 saturated carbocycles. The third kappa shape index (κ3) is 3.01. The van der Waals surface area contributed by atoms with Gasteiger partial charge in [0.2, 0.25) is 0 Å². The summed E-state index contributed by atoms with van der Waals surface area (Å²) in [4.78, 5) is 23.0. The quantitative estimate of drug-likeness (QED) is 0.335. The summed E-state index contributed by atoms with van der Waals surface area (Å²) >= 11 is 0. The molecule has 0 N–H and O–H groups in total. The van der Waals surface area contributed by atoms with Crippen LogP contribution in [-0.2, 0) is 9.47 Å². The summed E-state index contributed by atoms with van der Waals surface area (Å²) in [6.45, 7) is 4.30. The summed E-state index contributed by atoms with van der Waals surface area (Å²) in [6.07, 6.45) is 1.25. The maximum Gasteiger partial charge on any atom is 0.338 e. The molecule has 1 saturated heterocycles. The normalized spacial score (nSPS) is 17.3. The van der Waals surface area contributed by atoms with Gasteiger partial charge >= 0.3 is 5.97 Å². The van der Waals surface area contributed by atoms with Crippen LogP contribution in [0.2, 0.25) is 0 Å². The number of carbonyl (C=O) groups is 2. The smallest absolute Gasteiger partial charge is 0.338 e. The lowest BCUT2D eigenvalue weighted by molar-refractivity contribution is 0.0476. The Morgan fingerprint density at radius 3 is 2.82 bits per heavy atom. The highest BCUT2D eigenvalue weighted by molar-refractivity contribution is 6.05. The molecule has 4 nitrogen and oxygen atoms in total. The Hall–Kier alpha value is -1.94. The molecule has 2 rings (SSSR count). The van der Waals surface area contributed by atoms with Gasteiger partial charge in [0.1, 0.15) is 12.7 Å². The standard InChI is InChI=1S/C13H12O4/c1-2-12(14)9-4-3-5-10(6-9)13(15)17-8-11-7-16-11/h2-6,11H,1,7-8H2. The van der Waals surface area contributed by atoms with Gasteiger partial charge in [0.25, 0.3) is 0 Å². The fraction of sp³-hybridized carbons (Fsp3) is 0.231. The third-order valence-electron chi connectivity index (χ3n) is 2.37. The molecule has 1 aliphatic heterocycles. The van der Waals surface area contributed by atoms with Gasteiger partial charge in [-0.2, -0.15) is 0 Å². The highest BCUT2D eigenvalue weighted by Crippen LogP contribution is 2.12. The Morgan fingerprint density at radius 1 is 1.47 bits per heavy atom. The van der Waals surface area contributed by atoms with Gasteiger partial charge in [-0.25, -0.2) is 4.79 Å². The average Bonchev–Trinajstić information content (AvgIpc) is 3.19. The number of benzene rings is 1. The van der Waals surface area contributed by atoms with E-state index in [0.717, 1.165) is 0 Å². The lowest BCUT2D eigenvalue weighted by Crippen LogP contribution is -2.10. The largest absolute Gasteiger partial charge is 0.459 e. The zero-order valence-electron chi connectivity index (χ0n) is 9.22. The average molecular weight is 232 g/mol. The molecule has 4 heteroatoms. The fourth-order valence-corrected chi connectivity index (χ4v) is 1.33. The number of ketones is 1. The molecule has 1 aromatic carbocycles. The summed E-state index contributed by atoms with van der Waals surface area (Å²) in [5.74, 6) is -0.663. The molecule has 0 radical (unpaired) electrons. The predicted octanol–water partition coefficient (Wildman–Crippen LogP) is 1.61.